The van der Waals surface area contributed by atoms with Crippen LogP contribution in [0.5, 0.6) is 0 Å². The summed E-state index contributed by atoms with van der Waals surface area (Å²) in [5.41, 5.74) is 9.55. The van der Waals surface area contributed by atoms with Crippen molar-refractivity contribution >= 4 is 5.69 Å². The van der Waals surface area contributed by atoms with Crippen LogP contribution in [0, 0.1) is 11.8 Å². The van der Waals surface area contributed by atoms with Gasteiger partial charge in [0, 0.05) is 11.3 Å². The summed E-state index contributed by atoms with van der Waals surface area (Å²) in [6.45, 7) is 0.771. The fraction of sp³-hybridized carbons (Fsp3) is 0.742. The Morgan fingerprint density at radius 2 is 1.12 bits per heavy atom. The summed E-state index contributed by atoms with van der Waals surface area (Å²) in [5, 5.41) is 0. The molecule has 0 unspecified atom stereocenters. The van der Waals surface area contributed by atoms with Gasteiger partial charge in [-0.1, -0.05) is 127 Å². The molecule has 2 heteroatoms. The third-order valence-electron chi connectivity index (χ3n) is 7.27. The molecule has 1 aliphatic rings. The lowest BCUT2D eigenvalue weighted by Crippen LogP contribution is -2.10. The summed E-state index contributed by atoms with van der Waals surface area (Å²) < 4.78 is 0. The van der Waals surface area contributed by atoms with E-state index in [0.29, 0.717) is 5.92 Å². The maximum atomic E-state index is 6.26. The summed E-state index contributed by atoms with van der Waals surface area (Å²) in [7, 11) is 4.11. The number of nitrogens with zero attached hydrogens (tertiary/aromatic N) is 1. The lowest BCUT2D eigenvalue weighted by Gasteiger charge is -2.19. The molecule has 0 saturated heterocycles. The van der Waals surface area contributed by atoms with Gasteiger partial charge >= 0.3 is 0 Å². The van der Waals surface area contributed by atoms with E-state index in [1.54, 1.807) is 0 Å². The molecule has 2 nitrogen and oxygen atoms in total. The number of hydrogen-bond donors (Lipinski definition) is 1. The number of hydrogen-bond acceptors (Lipinski definition) is 2. The van der Waals surface area contributed by atoms with Crippen LogP contribution in [0.25, 0.3) is 0 Å². The van der Waals surface area contributed by atoms with Crippen LogP contribution in [0.1, 0.15) is 139 Å². The van der Waals surface area contributed by atoms with Crippen LogP contribution in [0.4, 0.5) is 5.69 Å². The fourth-order valence-electron chi connectivity index (χ4n) is 5.14. The zero-order valence-electron chi connectivity index (χ0n) is 22.0. The van der Waals surface area contributed by atoms with Gasteiger partial charge in [-0.25, -0.2) is 0 Å². The third-order valence-corrected chi connectivity index (χ3v) is 7.27. The highest BCUT2D eigenvalue weighted by Gasteiger charge is 2.13. The summed E-state index contributed by atoms with van der Waals surface area (Å²) in [6.07, 6.45) is 26.9. The van der Waals surface area contributed by atoms with Gasteiger partial charge in [0.1, 0.15) is 0 Å². The first-order valence-corrected chi connectivity index (χ1v) is 14.2. The Bertz CT molecular complexity index is 662. The predicted octanol–water partition coefficient (Wildman–Crippen LogP) is 8.69. The number of benzene rings is 1. The Kier molecular flexibility index (Phi) is 15.1. The molecule has 1 saturated carbocycles. The van der Waals surface area contributed by atoms with E-state index in [2.05, 4.69) is 49.0 Å². The summed E-state index contributed by atoms with van der Waals surface area (Å²) in [6, 6.07) is 6.66. The number of nitrogen functional groups attached to an aromatic ring is 1. The highest BCUT2D eigenvalue weighted by molar-refractivity contribution is 5.57. The van der Waals surface area contributed by atoms with Gasteiger partial charge in [-0.3, -0.25) is 4.90 Å². The van der Waals surface area contributed by atoms with Crippen molar-refractivity contribution in [2.24, 2.45) is 0 Å². The molecule has 0 aromatic heterocycles. The molecule has 0 spiro atoms. The van der Waals surface area contributed by atoms with Gasteiger partial charge in [0.25, 0.3) is 0 Å². The number of rotatable bonds is 2. The van der Waals surface area contributed by atoms with Crippen molar-refractivity contribution in [2.45, 2.75) is 128 Å². The zero-order valence-corrected chi connectivity index (χ0v) is 22.0. The Balaban J connectivity index is 1.94. The van der Waals surface area contributed by atoms with Crippen LogP contribution in [0.15, 0.2) is 18.2 Å². The second kappa shape index (κ2) is 17.9. The van der Waals surface area contributed by atoms with E-state index >= 15 is 0 Å². The van der Waals surface area contributed by atoms with Crippen LogP contribution in [0.3, 0.4) is 0 Å². The second-order valence-corrected chi connectivity index (χ2v) is 10.7. The van der Waals surface area contributed by atoms with Crippen molar-refractivity contribution in [2.75, 3.05) is 26.4 Å². The summed E-state index contributed by atoms with van der Waals surface area (Å²) in [4.78, 5) is 2.10. The molecule has 0 heterocycles. The van der Waals surface area contributed by atoms with E-state index in [4.69, 9.17) is 5.73 Å². The SMILES string of the molecule is CN(C)CC#Cc1cc(C2CCCCCCCCCCCCCCCCCCC2)ccc1N. The second-order valence-electron chi connectivity index (χ2n) is 10.7. The molecule has 1 aliphatic carbocycles. The first kappa shape index (κ1) is 27.8. The summed E-state index contributed by atoms with van der Waals surface area (Å²) >= 11 is 0. The van der Waals surface area contributed by atoms with Gasteiger partial charge in [-0.15, -0.1) is 0 Å². The molecule has 1 aromatic rings. The molecule has 33 heavy (non-hydrogen) atoms. The minimum atomic E-state index is 0.658. The van der Waals surface area contributed by atoms with Gasteiger partial charge in [-0.05, 0) is 50.6 Å². The topological polar surface area (TPSA) is 29.3 Å². The van der Waals surface area contributed by atoms with Crippen molar-refractivity contribution in [3.8, 4) is 11.8 Å². The molecular formula is C31H52N2. The van der Waals surface area contributed by atoms with Crippen LogP contribution in [-0.4, -0.2) is 25.5 Å². The van der Waals surface area contributed by atoms with Crippen molar-refractivity contribution in [1.82, 2.24) is 4.90 Å². The lowest BCUT2D eigenvalue weighted by molar-refractivity contribution is 0.464. The van der Waals surface area contributed by atoms with Crippen LogP contribution >= 0.6 is 0 Å². The monoisotopic (exact) mass is 452 g/mol. The first-order chi connectivity index (χ1) is 16.2. The molecule has 186 valence electrons. The highest BCUT2D eigenvalue weighted by Crippen LogP contribution is 2.31. The van der Waals surface area contributed by atoms with E-state index in [1.165, 1.54) is 128 Å². The molecule has 0 amide bonds. The fourth-order valence-corrected chi connectivity index (χ4v) is 5.14. The van der Waals surface area contributed by atoms with Crippen LogP contribution < -0.4 is 5.73 Å². The van der Waals surface area contributed by atoms with E-state index in [0.717, 1.165) is 17.8 Å². The quantitative estimate of drug-likeness (QED) is 0.359. The number of anilines is 1. The normalized spacial score (nSPS) is 19.5. The van der Waals surface area contributed by atoms with E-state index in [1.807, 2.05) is 0 Å². The average Bonchev–Trinajstić information content (AvgIpc) is 2.79. The molecule has 0 radical (unpaired) electrons. The zero-order chi connectivity index (χ0) is 23.6. The standard InChI is InChI=1S/C31H52N2/c1-33(2)26-20-23-30-27-29(24-25-31(30)32)28-21-18-16-14-12-10-8-6-4-3-5-7-9-11-13-15-17-19-22-28/h24-25,27-28H,3-19,21-22,26,32H2,1-2H3. The Labute approximate surface area is 206 Å². The van der Waals surface area contributed by atoms with Crippen molar-refractivity contribution in [1.29, 1.82) is 0 Å². The first-order valence-electron chi connectivity index (χ1n) is 14.2. The molecule has 0 aliphatic heterocycles. The largest absolute Gasteiger partial charge is 0.398 e. The smallest absolute Gasteiger partial charge is 0.0600 e. The third kappa shape index (κ3) is 13.1. The minimum absolute atomic E-state index is 0.658. The summed E-state index contributed by atoms with van der Waals surface area (Å²) in [5.74, 6) is 7.25. The maximum Gasteiger partial charge on any atom is 0.0600 e. The molecule has 1 aromatic carbocycles. The molecule has 2 rings (SSSR count). The van der Waals surface area contributed by atoms with Gasteiger partial charge in [0.15, 0.2) is 0 Å². The Hall–Kier alpha value is -1.46. The molecule has 1 fully saturated rings. The lowest BCUT2D eigenvalue weighted by atomic mass is 9.87. The Morgan fingerprint density at radius 3 is 1.55 bits per heavy atom. The van der Waals surface area contributed by atoms with Crippen LogP contribution in [0.2, 0.25) is 0 Å². The molecule has 0 bridgehead atoms. The van der Waals surface area contributed by atoms with Gasteiger partial charge < -0.3 is 5.73 Å². The van der Waals surface area contributed by atoms with Gasteiger partial charge in [0.2, 0.25) is 0 Å². The number of nitrogens with two attached hydrogens (primary N) is 1. The Morgan fingerprint density at radius 1 is 0.697 bits per heavy atom. The van der Waals surface area contributed by atoms with Gasteiger partial charge in [-0.2, -0.15) is 0 Å². The average molecular weight is 453 g/mol. The van der Waals surface area contributed by atoms with Crippen molar-refractivity contribution in [3.63, 3.8) is 0 Å². The van der Waals surface area contributed by atoms with Crippen molar-refractivity contribution < 1.29 is 0 Å². The van der Waals surface area contributed by atoms with Crippen molar-refractivity contribution in [3.05, 3.63) is 29.3 Å². The highest BCUT2D eigenvalue weighted by atomic mass is 15.0. The predicted molar refractivity (Wildman–Crippen MR) is 147 cm³/mol. The minimum Gasteiger partial charge on any atom is -0.398 e. The molecule has 2 N–H and O–H groups in total. The van der Waals surface area contributed by atoms with Gasteiger partial charge in [0.05, 0.1) is 6.54 Å². The van der Waals surface area contributed by atoms with Crippen LogP contribution in [-0.2, 0) is 0 Å². The molecular weight excluding hydrogens is 400 g/mol. The van der Waals surface area contributed by atoms with E-state index < -0.39 is 0 Å². The van der Waals surface area contributed by atoms with E-state index in [-0.39, 0.29) is 0 Å². The maximum absolute atomic E-state index is 6.26. The van der Waals surface area contributed by atoms with E-state index in [9.17, 15) is 0 Å². The molecule has 0 atom stereocenters.